The van der Waals surface area contributed by atoms with Crippen molar-refractivity contribution in [3.05, 3.63) is 0 Å². The van der Waals surface area contributed by atoms with Gasteiger partial charge in [-0.1, -0.05) is 0 Å². The first-order valence-electron chi connectivity index (χ1n) is 3.88. The van der Waals surface area contributed by atoms with Crippen molar-refractivity contribution in [2.75, 3.05) is 34.3 Å². The van der Waals surface area contributed by atoms with Crippen molar-refractivity contribution in [1.29, 1.82) is 0 Å². The molecule has 0 radical (unpaired) electrons. The largest absolute Gasteiger partial charge is 0.550 e. The molecule has 0 spiro atoms. The first-order valence-corrected chi connectivity index (χ1v) is 3.88. The minimum atomic E-state index is -1.08. The van der Waals surface area contributed by atoms with Gasteiger partial charge in [-0.3, -0.25) is 0 Å². The maximum absolute atomic E-state index is 8.89. The van der Waals surface area contributed by atoms with E-state index < -0.39 is 5.97 Å². The molecule has 1 N–H and O–H groups in total. The van der Waals surface area contributed by atoms with Gasteiger partial charge in [0.15, 0.2) is 0 Å². The van der Waals surface area contributed by atoms with E-state index in [2.05, 4.69) is 21.1 Å². The fourth-order valence-corrected chi connectivity index (χ4v) is 0.545. The topological polar surface area (TPSA) is 60.4 Å². The van der Waals surface area contributed by atoms with Crippen LogP contribution in [0.1, 0.15) is 13.3 Å². The Labute approximate surface area is 74.0 Å². The number of carbonyl (C=O) groups excluding carboxylic acids is 1. The molecule has 0 amide bonds. The number of carbonyl (C=O) groups is 1. The number of carboxylic acids is 1. The van der Waals surface area contributed by atoms with Crippen LogP contribution in [0.3, 0.4) is 0 Å². The third-order valence-corrected chi connectivity index (χ3v) is 0.987. The lowest BCUT2D eigenvalue weighted by atomic mass is 10.4. The molecule has 0 aliphatic rings. The highest BCUT2D eigenvalue weighted by molar-refractivity contribution is 5.60. The summed E-state index contributed by atoms with van der Waals surface area (Å²) in [4.78, 5) is 8.89. The molecule has 0 saturated heterocycles. The van der Waals surface area contributed by atoms with Gasteiger partial charge >= 0.3 is 0 Å². The van der Waals surface area contributed by atoms with Crippen LogP contribution in [-0.2, 0) is 4.79 Å². The van der Waals surface area contributed by atoms with E-state index in [-0.39, 0.29) is 0 Å². The summed E-state index contributed by atoms with van der Waals surface area (Å²) in [5.41, 5.74) is 0. The molecule has 0 aromatic carbocycles. The molecule has 0 aromatic heterocycles. The van der Waals surface area contributed by atoms with Crippen LogP contribution in [0.5, 0.6) is 0 Å². The van der Waals surface area contributed by atoms with Crippen molar-refractivity contribution in [1.82, 2.24) is 0 Å². The third-order valence-electron chi connectivity index (χ3n) is 0.987. The number of aliphatic hydroxyl groups is 1. The molecule has 0 fully saturated rings. The van der Waals surface area contributed by atoms with Crippen LogP contribution in [0, 0.1) is 0 Å². The fraction of sp³-hybridized carbons (Fsp3) is 0.875. The van der Waals surface area contributed by atoms with E-state index >= 15 is 0 Å². The summed E-state index contributed by atoms with van der Waals surface area (Å²) in [6.45, 7) is 2.34. The zero-order chi connectivity index (χ0) is 10.2. The number of rotatable bonds is 3. The zero-order valence-corrected chi connectivity index (χ0v) is 8.33. The Balaban J connectivity index is 0. The van der Waals surface area contributed by atoms with Crippen molar-refractivity contribution in [3.8, 4) is 0 Å². The Bertz CT molecular complexity index is 114. The molecule has 0 atom stereocenters. The molecule has 0 rings (SSSR count). The predicted octanol–water partition coefficient (Wildman–Crippen LogP) is -1.17. The highest BCUT2D eigenvalue weighted by Crippen LogP contribution is 1.90. The van der Waals surface area contributed by atoms with Gasteiger partial charge in [0.05, 0.1) is 27.7 Å². The summed E-state index contributed by atoms with van der Waals surface area (Å²) in [7, 11) is 6.36. The van der Waals surface area contributed by atoms with Gasteiger partial charge in [-0.25, -0.2) is 0 Å². The smallest absolute Gasteiger partial charge is 0.0802 e. The third kappa shape index (κ3) is 34.3. The Kier molecular flexibility index (Phi) is 8.21. The summed E-state index contributed by atoms with van der Waals surface area (Å²) in [5, 5.41) is 17.3. The molecule has 74 valence electrons. The summed E-state index contributed by atoms with van der Waals surface area (Å²) in [6.07, 6.45) is 0.906. The SMILES string of the molecule is CC(=O)[O-].C[N+](C)(C)CCCO. The number of nitrogens with zero attached hydrogens (tertiary/aromatic N) is 1. The quantitative estimate of drug-likeness (QED) is 0.553. The molecular formula is C8H19NO3. The van der Waals surface area contributed by atoms with Crippen LogP contribution >= 0.6 is 0 Å². The second-order valence-corrected chi connectivity index (χ2v) is 3.58. The minimum Gasteiger partial charge on any atom is -0.550 e. The lowest BCUT2D eigenvalue weighted by Crippen LogP contribution is -2.35. The first-order chi connectivity index (χ1) is 5.29. The molecule has 0 saturated carbocycles. The van der Waals surface area contributed by atoms with Crippen molar-refractivity contribution in [2.45, 2.75) is 13.3 Å². The normalized spacial score (nSPS) is 10.1. The van der Waals surface area contributed by atoms with Gasteiger partial charge in [0, 0.05) is 19.0 Å². The van der Waals surface area contributed by atoms with Gasteiger partial charge in [-0.05, 0) is 6.92 Å². The highest BCUT2D eigenvalue weighted by Gasteiger charge is 2.03. The summed E-state index contributed by atoms with van der Waals surface area (Å²) >= 11 is 0. The number of hydrogen-bond donors (Lipinski definition) is 1. The predicted molar refractivity (Wildman–Crippen MR) is 45.3 cm³/mol. The summed E-state index contributed by atoms with van der Waals surface area (Å²) in [6, 6.07) is 0. The number of hydrogen-bond acceptors (Lipinski definition) is 3. The zero-order valence-electron chi connectivity index (χ0n) is 8.33. The van der Waals surface area contributed by atoms with Crippen molar-refractivity contribution >= 4 is 5.97 Å². The van der Waals surface area contributed by atoms with Crippen molar-refractivity contribution < 1.29 is 19.5 Å². The van der Waals surface area contributed by atoms with Gasteiger partial charge in [-0.2, -0.15) is 0 Å². The Hall–Kier alpha value is -0.610. The lowest BCUT2D eigenvalue weighted by Gasteiger charge is -2.22. The Morgan fingerprint density at radius 2 is 1.75 bits per heavy atom. The Morgan fingerprint density at radius 1 is 1.42 bits per heavy atom. The molecule has 4 nitrogen and oxygen atoms in total. The average Bonchev–Trinajstić information content (AvgIpc) is 1.80. The van der Waals surface area contributed by atoms with Crippen LogP contribution in [0.15, 0.2) is 0 Å². The van der Waals surface area contributed by atoms with Gasteiger partial charge in [-0.15, -0.1) is 0 Å². The molecule has 0 aromatic rings. The van der Waals surface area contributed by atoms with Gasteiger partial charge in [0.1, 0.15) is 0 Å². The molecule has 0 aliphatic carbocycles. The van der Waals surface area contributed by atoms with Crippen molar-refractivity contribution in [3.63, 3.8) is 0 Å². The van der Waals surface area contributed by atoms with E-state index in [1.165, 1.54) is 0 Å². The first kappa shape index (κ1) is 13.9. The van der Waals surface area contributed by atoms with E-state index in [4.69, 9.17) is 15.0 Å². The summed E-state index contributed by atoms with van der Waals surface area (Å²) in [5.74, 6) is -1.08. The minimum absolute atomic E-state index is 0.315. The molecule has 4 heteroatoms. The van der Waals surface area contributed by atoms with Crippen LogP contribution in [-0.4, -0.2) is 49.9 Å². The number of carboxylic acid groups (broad SMARTS) is 1. The molecule has 0 heterocycles. The maximum Gasteiger partial charge on any atom is 0.0802 e. The molecule has 0 aliphatic heterocycles. The summed E-state index contributed by atoms with van der Waals surface area (Å²) < 4.78 is 0.945. The number of aliphatic carboxylic acids is 1. The monoisotopic (exact) mass is 177 g/mol. The van der Waals surface area contributed by atoms with Crippen LogP contribution in [0.2, 0.25) is 0 Å². The lowest BCUT2D eigenvalue weighted by molar-refractivity contribution is -0.870. The Morgan fingerprint density at radius 3 is 1.83 bits per heavy atom. The van der Waals surface area contributed by atoms with Crippen LogP contribution in [0.25, 0.3) is 0 Å². The fourth-order valence-electron chi connectivity index (χ4n) is 0.545. The van der Waals surface area contributed by atoms with Gasteiger partial charge in [0.25, 0.3) is 0 Å². The molecule has 12 heavy (non-hydrogen) atoms. The number of aliphatic hydroxyl groups excluding tert-OH is 1. The molecular weight excluding hydrogens is 158 g/mol. The average molecular weight is 177 g/mol. The van der Waals surface area contributed by atoms with Crippen LogP contribution < -0.4 is 5.11 Å². The highest BCUT2D eigenvalue weighted by atomic mass is 16.4. The standard InChI is InChI=1S/C6H16NO.C2H4O2/c1-7(2,3)5-4-6-8;1-2(3)4/h8H,4-6H2,1-3H3;1H3,(H,3,4)/q+1;/p-1. The second-order valence-electron chi connectivity index (χ2n) is 3.58. The maximum atomic E-state index is 8.89. The van der Waals surface area contributed by atoms with E-state index in [0.717, 1.165) is 24.4 Å². The molecule has 0 unspecified atom stereocenters. The van der Waals surface area contributed by atoms with E-state index in [1.807, 2.05) is 0 Å². The van der Waals surface area contributed by atoms with E-state index in [1.54, 1.807) is 0 Å². The van der Waals surface area contributed by atoms with Crippen molar-refractivity contribution in [2.24, 2.45) is 0 Å². The van der Waals surface area contributed by atoms with Gasteiger partial charge < -0.3 is 19.5 Å². The van der Waals surface area contributed by atoms with E-state index in [0.29, 0.717) is 6.61 Å². The van der Waals surface area contributed by atoms with Gasteiger partial charge in [0.2, 0.25) is 0 Å². The number of quaternary nitrogens is 1. The molecule has 0 bridgehead atoms. The second kappa shape index (κ2) is 7.06. The van der Waals surface area contributed by atoms with Crippen LogP contribution in [0.4, 0.5) is 0 Å². The van der Waals surface area contributed by atoms with E-state index in [9.17, 15) is 0 Å².